The van der Waals surface area contributed by atoms with Crippen molar-refractivity contribution < 1.29 is 4.79 Å². The highest BCUT2D eigenvalue weighted by atomic mass is 79.9. The molecular weight excluding hydrogens is 310 g/mol. The van der Waals surface area contributed by atoms with E-state index in [0.717, 1.165) is 27.9 Å². The molecule has 1 amide bonds. The number of benzene rings is 1. The predicted octanol–water partition coefficient (Wildman–Crippen LogP) is 3.72. The van der Waals surface area contributed by atoms with Crippen molar-refractivity contribution in [3.05, 3.63) is 33.8 Å². The maximum atomic E-state index is 12.6. The molecule has 2 unspecified atom stereocenters. The van der Waals surface area contributed by atoms with Gasteiger partial charge in [-0.3, -0.25) is 4.79 Å². The summed E-state index contributed by atoms with van der Waals surface area (Å²) >= 11 is 5.47. The fourth-order valence-electron chi connectivity index (χ4n) is 2.19. The average Bonchev–Trinajstić information content (AvgIpc) is 2.35. The molecule has 0 radical (unpaired) electrons. The number of hydrogen-bond acceptors (Lipinski definition) is 2. The lowest BCUT2D eigenvalue weighted by Gasteiger charge is -2.37. The van der Waals surface area contributed by atoms with Gasteiger partial charge < -0.3 is 4.90 Å². The molecule has 0 bridgehead atoms. The Morgan fingerprint density at radius 1 is 1.44 bits per heavy atom. The molecule has 0 N–H and O–H groups in total. The summed E-state index contributed by atoms with van der Waals surface area (Å²) < 4.78 is 0.924. The molecule has 1 aliphatic rings. The van der Waals surface area contributed by atoms with Crippen molar-refractivity contribution in [1.29, 1.82) is 0 Å². The second kappa shape index (κ2) is 5.66. The molecule has 0 aromatic heterocycles. The van der Waals surface area contributed by atoms with Gasteiger partial charge in [-0.25, -0.2) is 0 Å². The zero-order valence-corrected chi connectivity index (χ0v) is 13.3. The van der Waals surface area contributed by atoms with Gasteiger partial charge in [0.05, 0.1) is 5.56 Å². The van der Waals surface area contributed by atoms with Crippen LogP contribution in [-0.4, -0.2) is 34.4 Å². The molecule has 0 aliphatic carbocycles. The molecule has 0 saturated carbocycles. The summed E-state index contributed by atoms with van der Waals surface area (Å²) in [5.41, 5.74) is 1.88. The van der Waals surface area contributed by atoms with E-state index in [9.17, 15) is 4.79 Å². The van der Waals surface area contributed by atoms with Crippen LogP contribution in [0.4, 0.5) is 0 Å². The van der Waals surface area contributed by atoms with E-state index < -0.39 is 0 Å². The lowest BCUT2D eigenvalue weighted by Crippen LogP contribution is -2.48. The summed E-state index contributed by atoms with van der Waals surface area (Å²) in [6.07, 6.45) is 0. The van der Waals surface area contributed by atoms with Crippen molar-refractivity contribution in [3.63, 3.8) is 0 Å². The van der Waals surface area contributed by atoms with E-state index in [1.54, 1.807) is 0 Å². The predicted molar refractivity (Wildman–Crippen MR) is 81.3 cm³/mol. The van der Waals surface area contributed by atoms with Gasteiger partial charge in [0.2, 0.25) is 0 Å². The fourth-order valence-corrected chi connectivity index (χ4v) is 3.72. The monoisotopic (exact) mass is 327 g/mol. The number of carbonyl (C=O) groups excluding carboxylic acids is 1. The van der Waals surface area contributed by atoms with Crippen molar-refractivity contribution in [3.8, 4) is 0 Å². The Hall–Kier alpha value is -0.480. The minimum absolute atomic E-state index is 0.144. The lowest BCUT2D eigenvalue weighted by atomic mass is 10.1. The van der Waals surface area contributed by atoms with Crippen molar-refractivity contribution in [2.45, 2.75) is 32.1 Å². The fraction of sp³-hybridized carbons (Fsp3) is 0.500. The van der Waals surface area contributed by atoms with Crippen LogP contribution in [0.15, 0.2) is 22.7 Å². The van der Waals surface area contributed by atoms with Crippen LogP contribution in [0.1, 0.15) is 29.8 Å². The summed E-state index contributed by atoms with van der Waals surface area (Å²) in [5.74, 6) is 1.17. The molecule has 1 aliphatic heterocycles. The van der Waals surface area contributed by atoms with Crippen molar-refractivity contribution in [2.75, 3.05) is 12.3 Å². The summed E-state index contributed by atoms with van der Waals surface area (Å²) in [6, 6.07) is 6.15. The number of nitrogens with zero attached hydrogens (tertiary/aromatic N) is 1. The van der Waals surface area contributed by atoms with Gasteiger partial charge in [-0.2, -0.15) is 11.8 Å². The Kier molecular flexibility index (Phi) is 4.38. The Morgan fingerprint density at radius 3 is 2.89 bits per heavy atom. The number of aryl methyl sites for hydroxylation is 1. The smallest absolute Gasteiger partial charge is 0.255 e. The van der Waals surface area contributed by atoms with E-state index in [1.165, 1.54) is 0 Å². The van der Waals surface area contributed by atoms with E-state index in [0.29, 0.717) is 11.3 Å². The molecule has 2 atom stereocenters. The van der Waals surface area contributed by atoms with Crippen molar-refractivity contribution in [2.24, 2.45) is 0 Å². The van der Waals surface area contributed by atoms with Crippen LogP contribution in [0.25, 0.3) is 0 Å². The average molecular weight is 328 g/mol. The van der Waals surface area contributed by atoms with Gasteiger partial charge in [-0.1, -0.05) is 19.1 Å². The molecular formula is C14H18BrNOS. The minimum Gasteiger partial charge on any atom is -0.334 e. The zero-order chi connectivity index (χ0) is 13.3. The van der Waals surface area contributed by atoms with Crippen LogP contribution in [0, 0.1) is 6.92 Å². The topological polar surface area (TPSA) is 20.3 Å². The molecule has 98 valence electrons. The Labute approximate surface area is 121 Å². The normalized spacial score (nSPS) is 24.1. The molecule has 1 saturated heterocycles. The molecule has 2 nitrogen and oxygen atoms in total. The second-order valence-corrected chi connectivity index (χ2v) is 7.03. The van der Waals surface area contributed by atoms with E-state index >= 15 is 0 Å². The molecule has 2 rings (SSSR count). The number of rotatable bonds is 1. The van der Waals surface area contributed by atoms with E-state index in [2.05, 4.69) is 29.8 Å². The number of thioether (sulfide) groups is 1. The van der Waals surface area contributed by atoms with Crippen LogP contribution in [-0.2, 0) is 0 Å². The van der Waals surface area contributed by atoms with Crippen LogP contribution < -0.4 is 0 Å². The largest absolute Gasteiger partial charge is 0.334 e. The van der Waals surface area contributed by atoms with Crippen LogP contribution >= 0.6 is 27.7 Å². The number of halogens is 1. The molecule has 1 aromatic rings. The highest BCUT2D eigenvalue weighted by Crippen LogP contribution is 2.28. The van der Waals surface area contributed by atoms with Gasteiger partial charge in [-0.05, 0) is 41.4 Å². The van der Waals surface area contributed by atoms with E-state index in [-0.39, 0.29) is 5.91 Å². The van der Waals surface area contributed by atoms with E-state index in [1.807, 2.05) is 41.8 Å². The minimum atomic E-state index is 0.144. The van der Waals surface area contributed by atoms with Crippen molar-refractivity contribution in [1.82, 2.24) is 4.90 Å². The first kappa shape index (κ1) is 13.9. The van der Waals surface area contributed by atoms with Crippen LogP contribution in [0.2, 0.25) is 0 Å². The van der Waals surface area contributed by atoms with Gasteiger partial charge in [0.25, 0.3) is 5.91 Å². The second-order valence-electron chi connectivity index (χ2n) is 4.75. The zero-order valence-electron chi connectivity index (χ0n) is 10.9. The van der Waals surface area contributed by atoms with Gasteiger partial charge in [0.15, 0.2) is 0 Å². The Morgan fingerprint density at radius 2 is 2.17 bits per heavy atom. The summed E-state index contributed by atoms with van der Waals surface area (Å²) in [7, 11) is 0. The first-order valence-corrected chi connectivity index (χ1v) is 8.04. The number of carbonyl (C=O) groups is 1. The first-order chi connectivity index (χ1) is 8.52. The third-order valence-corrected chi connectivity index (χ3v) is 5.96. The molecule has 0 spiro atoms. The highest BCUT2D eigenvalue weighted by molar-refractivity contribution is 9.10. The summed E-state index contributed by atoms with van der Waals surface area (Å²) in [6.45, 7) is 7.19. The van der Waals surface area contributed by atoms with Crippen LogP contribution in [0.3, 0.4) is 0 Å². The van der Waals surface area contributed by atoms with Gasteiger partial charge in [0, 0.05) is 28.1 Å². The van der Waals surface area contributed by atoms with Crippen LogP contribution in [0.5, 0.6) is 0 Å². The maximum absolute atomic E-state index is 12.6. The molecule has 1 heterocycles. The Balaban J connectivity index is 2.28. The SMILES string of the molecule is Cc1cccc(C(=O)N2CCSC(C)C2C)c1Br. The first-order valence-electron chi connectivity index (χ1n) is 6.20. The summed E-state index contributed by atoms with van der Waals surface area (Å²) in [4.78, 5) is 14.6. The summed E-state index contributed by atoms with van der Waals surface area (Å²) in [5, 5.41) is 0.506. The maximum Gasteiger partial charge on any atom is 0.255 e. The molecule has 4 heteroatoms. The number of hydrogen-bond donors (Lipinski definition) is 0. The molecule has 1 fully saturated rings. The molecule has 1 aromatic carbocycles. The molecule has 18 heavy (non-hydrogen) atoms. The number of amides is 1. The van der Waals surface area contributed by atoms with Gasteiger partial charge in [-0.15, -0.1) is 0 Å². The standard InChI is InChI=1S/C14H18BrNOS/c1-9-5-4-6-12(13(9)15)14(17)16-7-8-18-11(3)10(16)2/h4-6,10-11H,7-8H2,1-3H3. The highest BCUT2D eigenvalue weighted by Gasteiger charge is 2.30. The lowest BCUT2D eigenvalue weighted by molar-refractivity contribution is 0.0697. The quantitative estimate of drug-likeness (QED) is 0.783. The van der Waals surface area contributed by atoms with Gasteiger partial charge in [0.1, 0.15) is 0 Å². The third-order valence-electron chi connectivity index (χ3n) is 3.57. The van der Waals surface area contributed by atoms with E-state index in [4.69, 9.17) is 0 Å². The third kappa shape index (κ3) is 2.59. The Bertz CT molecular complexity index is 463. The van der Waals surface area contributed by atoms with Gasteiger partial charge >= 0.3 is 0 Å². The van der Waals surface area contributed by atoms with Crippen molar-refractivity contribution >= 4 is 33.6 Å².